The van der Waals surface area contributed by atoms with Gasteiger partial charge in [0.25, 0.3) is 0 Å². The van der Waals surface area contributed by atoms with Crippen LogP contribution in [0.15, 0.2) is 65.1 Å². The van der Waals surface area contributed by atoms with E-state index in [2.05, 4.69) is 9.97 Å². The molecule has 0 saturated carbocycles. The molecule has 3 aromatic rings. The van der Waals surface area contributed by atoms with Crippen molar-refractivity contribution in [1.29, 1.82) is 5.26 Å². The number of anilines is 1. The molecule has 4 rings (SSSR count). The van der Waals surface area contributed by atoms with Crippen molar-refractivity contribution >= 4 is 29.2 Å². The lowest BCUT2D eigenvalue weighted by Gasteiger charge is -2.26. The monoisotopic (exact) mass is 439 g/mol. The number of ether oxygens (including phenoxy) is 1. The van der Waals surface area contributed by atoms with E-state index in [1.165, 1.54) is 23.9 Å². The summed E-state index contributed by atoms with van der Waals surface area (Å²) in [6, 6.07) is 15.4. The summed E-state index contributed by atoms with van der Waals surface area (Å²) in [6.45, 7) is 0. The second-order valence-electron chi connectivity index (χ2n) is 6.47. The maximum absolute atomic E-state index is 13.8. The smallest absolute Gasteiger partial charge is 0.231 e. The van der Waals surface area contributed by atoms with Gasteiger partial charge in [-0.15, -0.1) is 0 Å². The van der Waals surface area contributed by atoms with Crippen LogP contribution in [0.1, 0.15) is 22.6 Å². The van der Waals surface area contributed by atoms with Crippen LogP contribution in [-0.2, 0) is 5.75 Å². The van der Waals surface area contributed by atoms with Crippen LogP contribution in [0.5, 0.6) is 5.88 Å². The van der Waals surface area contributed by atoms with Gasteiger partial charge in [-0.3, -0.25) is 0 Å². The number of nitrogen functional groups attached to an aromatic ring is 1. The second-order valence-corrected chi connectivity index (χ2v) is 7.82. The number of rotatable bonds is 4. The molecular weight excluding hydrogens is 425 g/mol. The van der Waals surface area contributed by atoms with Crippen LogP contribution in [0.2, 0.25) is 5.02 Å². The largest absolute Gasteiger partial charge is 0.422 e. The molecule has 1 aliphatic rings. The van der Waals surface area contributed by atoms with Crippen molar-refractivity contribution in [3.05, 3.63) is 87.5 Å². The minimum Gasteiger partial charge on any atom is -0.422 e. The lowest BCUT2D eigenvalue weighted by Crippen LogP contribution is -2.23. The number of nitriles is 1. The lowest BCUT2D eigenvalue weighted by molar-refractivity contribution is 0.372. The van der Waals surface area contributed by atoms with Gasteiger partial charge >= 0.3 is 0 Å². The summed E-state index contributed by atoms with van der Waals surface area (Å²) in [4.78, 5) is 8.79. The quantitative estimate of drug-likeness (QED) is 0.458. The number of thioether (sulfide) groups is 1. The summed E-state index contributed by atoms with van der Waals surface area (Å²) in [7, 11) is 0. The summed E-state index contributed by atoms with van der Waals surface area (Å²) in [5.41, 5.74) is 14.1. The molecule has 2 heterocycles. The molecule has 2 aromatic carbocycles. The Balaban J connectivity index is 1.73. The van der Waals surface area contributed by atoms with E-state index < -0.39 is 11.7 Å². The minimum absolute atomic E-state index is 0.0978. The molecule has 0 radical (unpaired) electrons. The maximum atomic E-state index is 13.8. The Kier molecular flexibility index (Phi) is 5.48. The highest BCUT2D eigenvalue weighted by Crippen LogP contribution is 2.44. The number of fused-ring (bicyclic) bond motifs is 1. The van der Waals surface area contributed by atoms with E-state index in [1.807, 2.05) is 24.3 Å². The molecule has 0 amide bonds. The normalized spacial score (nSPS) is 15.3. The van der Waals surface area contributed by atoms with Crippen LogP contribution < -0.4 is 16.2 Å². The molecule has 150 valence electrons. The van der Waals surface area contributed by atoms with E-state index in [0.717, 1.165) is 5.56 Å². The molecule has 9 heteroatoms. The van der Waals surface area contributed by atoms with E-state index in [-0.39, 0.29) is 23.2 Å². The van der Waals surface area contributed by atoms with Gasteiger partial charge in [-0.1, -0.05) is 53.7 Å². The predicted octanol–water partition coefficient (Wildman–Crippen LogP) is 4.36. The molecule has 0 aliphatic carbocycles. The topological polar surface area (TPSA) is 111 Å². The summed E-state index contributed by atoms with van der Waals surface area (Å²) in [6.07, 6.45) is 0. The molecule has 6 nitrogen and oxygen atoms in total. The van der Waals surface area contributed by atoms with E-state index in [1.54, 1.807) is 18.2 Å². The zero-order valence-electron chi connectivity index (χ0n) is 15.5. The molecule has 30 heavy (non-hydrogen) atoms. The van der Waals surface area contributed by atoms with Crippen LogP contribution in [0.25, 0.3) is 0 Å². The molecule has 1 aromatic heterocycles. The standard InChI is InChI=1S/C21H15ClFN5OS/c22-15-7-2-1-4-12(15)10-30-21-27-18(25)17-16(11-5-3-6-13(23)8-11)14(9-24)19(26)29-20(17)28-21/h1-8,16H,10,26H2,(H2,25,27,28)/t16-/m0/s1. The van der Waals surface area contributed by atoms with Gasteiger partial charge in [0.2, 0.25) is 11.8 Å². The third-order valence-electron chi connectivity index (χ3n) is 4.59. The minimum atomic E-state index is -0.725. The zero-order chi connectivity index (χ0) is 21.3. The van der Waals surface area contributed by atoms with Gasteiger partial charge in [0.1, 0.15) is 23.3 Å². The first-order chi connectivity index (χ1) is 14.5. The van der Waals surface area contributed by atoms with Crippen molar-refractivity contribution in [3.63, 3.8) is 0 Å². The third-order valence-corrected chi connectivity index (χ3v) is 5.85. The van der Waals surface area contributed by atoms with E-state index in [4.69, 9.17) is 27.8 Å². The summed E-state index contributed by atoms with van der Waals surface area (Å²) < 4.78 is 19.4. The van der Waals surface area contributed by atoms with Crippen molar-refractivity contribution < 1.29 is 9.13 Å². The van der Waals surface area contributed by atoms with Crippen molar-refractivity contribution in [2.24, 2.45) is 5.73 Å². The van der Waals surface area contributed by atoms with E-state index in [9.17, 15) is 9.65 Å². The highest BCUT2D eigenvalue weighted by molar-refractivity contribution is 7.98. The third kappa shape index (κ3) is 3.77. The number of nitrogens with two attached hydrogens (primary N) is 2. The van der Waals surface area contributed by atoms with Gasteiger partial charge in [-0.05, 0) is 29.3 Å². The summed E-state index contributed by atoms with van der Waals surface area (Å²) in [5.74, 6) is -0.453. The van der Waals surface area contributed by atoms with E-state index >= 15 is 0 Å². The van der Waals surface area contributed by atoms with Gasteiger partial charge in [-0.2, -0.15) is 10.2 Å². The number of nitrogens with zero attached hydrogens (tertiary/aromatic N) is 3. The maximum Gasteiger partial charge on any atom is 0.231 e. The number of aromatic nitrogens is 2. The molecule has 1 atom stereocenters. The average molecular weight is 440 g/mol. The Labute approximate surface area is 181 Å². The van der Waals surface area contributed by atoms with Crippen LogP contribution in [-0.4, -0.2) is 9.97 Å². The summed E-state index contributed by atoms with van der Waals surface area (Å²) in [5, 5.41) is 10.6. The lowest BCUT2D eigenvalue weighted by atomic mass is 9.84. The predicted molar refractivity (Wildman–Crippen MR) is 113 cm³/mol. The van der Waals surface area contributed by atoms with Gasteiger partial charge in [0.05, 0.1) is 11.5 Å². The zero-order valence-corrected chi connectivity index (χ0v) is 17.0. The number of hydrogen-bond donors (Lipinski definition) is 2. The van der Waals surface area contributed by atoms with Crippen LogP contribution in [0, 0.1) is 17.1 Å². The molecule has 1 aliphatic heterocycles. The van der Waals surface area contributed by atoms with Crippen molar-refractivity contribution in [2.75, 3.05) is 5.73 Å². The first kappa shape index (κ1) is 20.0. The van der Waals surface area contributed by atoms with Gasteiger partial charge in [0, 0.05) is 10.8 Å². The fourth-order valence-corrected chi connectivity index (χ4v) is 4.33. The number of halogens is 2. The fraction of sp³-hybridized carbons (Fsp3) is 0.0952. The Bertz CT molecular complexity index is 1210. The Hall–Kier alpha value is -3.28. The van der Waals surface area contributed by atoms with E-state index in [0.29, 0.717) is 27.1 Å². The fourth-order valence-electron chi connectivity index (χ4n) is 3.20. The summed E-state index contributed by atoms with van der Waals surface area (Å²) >= 11 is 7.53. The van der Waals surface area contributed by atoms with Gasteiger partial charge in [0.15, 0.2) is 5.16 Å². The molecule has 0 saturated heterocycles. The molecule has 4 N–H and O–H groups in total. The van der Waals surface area contributed by atoms with Crippen molar-refractivity contribution in [2.45, 2.75) is 16.8 Å². The number of hydrogen-bond acceptors (Lipinski definition) is 7. The van der Waals surface area contributed by atoms with Gasteiger partial charge in [-0.25, -0.2) is 9.37 Å². The molecular formula is C21H15ClFN5OS. The molecule has 0 fully saturated rings. The van der Waals surface area contributed by atoms with Crippen molar-refractivity contribution in [1.82, 2.24) is 9.97 Å². The van der Waals surface area contributed by atoms with Crippen LogP contribution in [0.3, 0.4) is 0 Å². The number of benzene rings is 2. The highest BCUT2D eigenvalue weighted by atomic mass is 35.5. The first-order valence-corrected chi connectivity index (χ1v) is 10.2. The van der Waals surface area contributed by atoms with Crippen LogP contribution >= 0.6 is 23.4 Å². The highest BCUT2D eigenvalue weighted by Gasteiger charge is 2.34. The Morgan fingerprint density at radius 3 is 2.70 bits per heavy atom. The van der Waals surface area contributed by atoms with Gasteiger partial charge < -0.3 is 16.2 Å². The average Bonchev–Trinajstić information content (AvgIpc) is 2.72. The second kappa shape index (κ2) is 8.22. The Morgan fingerprint density at radius 2 is 1.97 bits per heavy atom. The first-order valence-electron chi connectivity index (χ1n) is 8.84. The SMILES string of the molecule is N#CC1=C(N)Oc2nc(SCc3ccccc3Cl)nc(N)c2[C@H]1c1cccc(F)c1. The number of allylic oxidation sites excluding steroid dienone is 1. The molecule has 0 unspecified atom stereocenters. The van der Waals surface area contributed by atoms with Crippen LogP contribution in [0.4, 0.5) is 10.2 Å². The van der Waals surface area contributed by atoms with Crippen molar-refractivity contribution in [3.8, 4) is 11.9 Å². The Morgan fingerprint density at radius 1 is 1.17 bits per heavy atom. The molecule has 0 bridgehead atoms. The molecule has 0 spiro atoms.